The number of hydrogen-bond acceptors (Lipinski definition) is 3. The summed E-state index contributed by atoms with van der Waals surface area (Å²) in [7, 11) is 0. The lowest BCUT2D eigenvalue weighted by molar-refractivity contribution is 0.0810. The van der Waals surface area contributed by atoms with Crippen molar-refractivity contribution in [3.8, 4) is 6.07 Å². The minimum Gasteiger partial charge on any atom is -0.377 e. The Morgan fingerprint density at radius 2 is 2.18 bits per heavy atom. The van der Waals surface area contributed by atoms with Gasteiger partial charge in [0, 0.05) is 19.5 Å². The van der Waals surface area contributed by atoms with E-state index < -0.39 is 0 Å². The predicted molar refractivity (Wildman–Crippen MR) is 44.2 cm³/mol. The van der Waals surface area contributed by atoms with Crippen LogP contribution in [0.3, 0.4) is 0 Å². The summed E-state index contributed by atoms with van der Waals surface area (Å²) in [6.07, 6.45) is 0.870. The van der Waals surface area contributed by atoms with Crippen LogP contribution in [0, 0.1) is 11.3 Å². The van der Waals surface area contributed by atoms with Crippen LogP contribution in [0.2, 0.25) is 0 Å². The van der Waals surface area contributed by atoms with Gasteiger partial charge in [-0.3, -0.25) is 0 Å². The molecular formula is C8H16N2O. The van der Waals surface area contributed by atoms with Crippen LogP contribution >= 0.6 is 0 Å². The fraction of sp³-hybridized carbons (Fsp3) is 0.875. The smallest absolute Gasteiger partial charge is 0.0635 e. The minimum atomic E-state index is 0.299. The average Bonchev–Trinajstić information content (AvgIpc) is 1.96. The molecule has 0 aliphatic heterocycles. The van der Waals surface area contributed by atoms with Crippen molar-refractivity contribution in [2.45, 2.75) is 26.4 Å². The molecule has 0 rings (SSSR count). The maximum atomic E-state index is 8.19. The van der Waals surface area contributed by atoms with Crippen molar-refractivity contribution < 1.29 is 4.74 Å². The molecule has 0 bridgehead atoms. The molecule has 0 amide bonds. The summed E-state index contributed by atoms with van der Waals surface area (Å²) in [6.45, 7) is 6.34. The SMILES string of the molecule is CC(C)OCCNCCC#N. The second kappa shape index (κ2) is 7.52. The number of nitrogens with one attached hydrogen (secondary N) is 1. The van der Waals surface area contributed by atoms with Gasteiger partial charge in [-0.1, -0.05) is 0 Å². The Hall–Kier alpha value is -0.590. The molecule has 0 saturated heterocycles. The van der Waals surface area contributed by atoms with Gasteiger partial charge in [0.25, 0.3) is 0 Å². The first kappa shape index (κ1) is 10.4. The number of hydrogen-bond donors (Lipinski definition) is 1. The van der Waals surface area contributed by atoms with E-state index in [4.69, 9.17) is 10.00 Å². The van der Waals surface area contributed by atoms with Crippen molar-refractivity contribution in [2.75, 3.05) is 19.7 Å². The van der Waals surface area contributed by atoms with Gasteiger partial charge in [-0.2, -0.15) is 5.26 Å². The molecule has 3 nitrogen and oxygen atoms in total. The first-order valence-corrected chi connectivity index (χ1v) is 3.96. The topological polar surface area (TPSA) is 45.0 Å². The van der Waals surface area contributed by atoms with Crippen LogP contribution in [0.4, 0.5) is 0 Å². The summed E-state index contributed by atoms with van der Waals surface area (Å²) in [5, 5.41) is 11.3. The lowest BCUT2D eigenvalue weighted by atomic mass is 10.4. The van der Waals surface area contributed by atoms with Crippen LogP contribution in [0.5, 0.6) is 0 Å². The summed E-state index contributed by atoms with van der Waals surface area (Å²) in [4.78, 5) is 0. The van der Waals surface area contributed by atoms with Crippen molar-refractivity contribution >= 4 is 0 Å². The molecule has 64 valence electrons. The Balaban J connectivity index is 2.86. The molecular weight excluding hydrogens is 140 g/mol. The standard InChI is InChI=1S/C8H16N2O/c1-8(2)11-7-6-10-5-3-4-9/h8,10H,3,5-7H2,1-2H3. The third-order valence-electron chi connectivity index (χ3n) is 1.14. The molecule has 0 aromatic rings. The Morgan fingerprint density at radius 1 is 1.45 bits per heavy atom. The Labute approximate surface area is 68.3 Å². The summed E-state index contributed by atoms with van der Waals surface area (Å²) >= 11 is 0. The highest BCUT2D eigenvalue weighted by molar-refractivity contribution is 4.69. The van der Waals surface area contributed by atoms with E-state index in [-0.39, 0.29) is 0 Å². The molecule has 0 atom stereocenters. The predicted octanol–water partition coefficient (Wildman–Crippen LogP) is 0.915. The Morgan fingerprint density at radius 3 is 2.73 bits per heavy atom. The number of nitriles is 1. The monoisotopic (exact) mass is 156 g/mol. The average molecular weight is 156 g/mol. The molecule has 0 aromatic carbocycles. The van der Waals surface area contributed by atoms with Crippen molar-refractivity contribution in [1.29, 1.82) is 5.26 Å². The molecule has 11 heavy (non-hydrogen) atoms. The zero-order chi connectivity index (χ0) is 8.53. The van der Waals surface area contributed by atoms with Crippen molar-refractivity contribution in [2.24, 2.45) is 0 Å². The number of rotatable bonds is 6. The van der Waals surface area contributed by atoms with Crippen molar-refractivity contribution in [3.05, 3.63) is 0 Å². The molecule has 0 spiro atoms. The molecule has 1 N–H and O–H groups in total. The summed E-state index contributed by atoms with van der Waals surface area (Å²) in [6, 6.07) is 2.06. The van der Waals surface area contributed by atoms with E-state index >= 15 is 0 Å². The van der Waals surface area contributed by atoms with Gasteiger partial charge in [0.2, 0.25) is 0 Å². The van der Waals surface area contributed by atoms with Gasteiger partial charge in [0.15, 0.2) is 0 Å². The van der Waals surface area contributed by atoms with Crippen LogP contribution in [0.15, 0.2) is 0 Å². The van der Waals surface area contributed by atoms with Gasteiger partial charge in [-0.05, 0) is 13.8 Å². The largest absolute Gasteiger partial charge is 0.377 e. The van der Waals surface area contributed by atoms with E-state index in [1.807, 2.05) is 13.8 Å². The second-order valence-electron chi connectivity index (χ2n) is 2.58. The molecule has 0 aliphatic rings. The van der Waals surface area contributed by atoms with E-state index in [2.05, 4.69) is 11.4 Å². The highest BCUT2D eigenvalue weighted by atomic mass is 16.5. The van der Waals surface area contributed by atoms with Crippen molar-refractivity contribution in [1.82, 2.24) is 5.32 Å². The number of nitrogens with zero attached hydrogens (tertiary/aromatic N) is 1. The van der Waals surface area contributed by atoms with Crippen LogP contribution in [-0.2, 0) is 4.74 Å². The van der Waals surface area contributed by atoms with Gasteiger partial charge >= 0.3 is 0 Å². The minimum absolute atomic E-state index is 0.299. The van der Waals surface area contributed by atoms with Gasteiger partial charge in [0.05, 0.1) is 18.8 Å². The highest BCUT2D eigenvalue weighted by Crippen LogP contribution is 1.84. The quantitative estimate of drug-likeness (QED) is 0.581. The maximum Gasteiger partial charge on any atom is 0.0635 e. The Kier molecular flexibility index (Phi) is 7.11. The third kappa shape index (κ3) is 9.41. The van der Waals surface area contributed by atoms with Crippen LogP contribution in [0.1, 0.15) is 20.3 Å². The van der Waals surface area contributed by atoms with Gasteiger partial charge in [-0.15, -0.1) is 0 Å². The molecule has 0 aromatic heterocycles. The van der Waals surface area contributed by atoms with Crippen LogP contribution in [0.25, 0.3) is 0 Å². The molecule has 0 saturated carbocycles. The molecule has 0 radical (unpaired) electrons. The molecule has 0 aliphatic carbocycles. The van der Waals surface area contributed by atoms with E-state index in [9.17, 15) is 0 Å². The zero-order valence-electron chi connectivity index (χ0n) is 7.26. The summed E-state index contributed by atoms with van der Waals surface area (Å²) < 4.78 is 5.28. The molecule has 0 heterocycles. The third-order valence-corrected chi connectivity index (χ3v) is 1.14. The van der Waals surface area contributed by atoms with Crippen LogP contribution < -0.4 is 5.32 Å². The van der Waals surface area contributed by atoms with Crippen molar-refractivity contribution in [3.63, 3.8) is 0 Å². The molecule has 0 unspecified atom stereocenters. The van der Waals surface area contributed by atoms with E-state index in [0.29, 0.717) is 12.5 Å². The van der Waals surface area contributed by atoms with E-state index in [1.165, 1.54) is 0 Å². The highest BCUT2D eigenvalue weighted by Gasteiger charge is 1.91. The van der Waals surface area contributed by atoms with Gasteiger partial charge in [-0.25, -0.2) is 0 Å². The van der Waals surface area contributed by atoms with Crippen LogP contribution in [-0.4, -0.2) is 25.8 Å². The summed E-state index contributed by atoms with van der Waals surface area (Å²) in [5.74, 6) is 0. The van der Waals surface area contributed by atoms with E-state index in [0.717, 1.165) is 19.7 Å². The maximum absolute atomic E-state index is 8.19. The van der Waals surface area contributed by atoms with Gasteiger partial charge < -0.3 is 10.1 Å². The summed E-state index contributed by atoms with van der Waals surface area (Å²) in [5.41, 5.74) is 0. The van der Waals surface area contributed by atoms with Gasteiger partial charge in [0.1, 0.15) is 0 Å². The second-order valence-corrected chi connectivity index (χ2v) is 2.58. The number of ether oxygens (including phenoxy) is 1. The zero-order valence-corrected chi connectivity index (χ0v) is 7.26. The lowest BCUT2D eigenvalue weighted by Crippen LogP contribution is -2.22. The first-order chi connectivity index (χ1) is 5.27. The lowest BCUT2D eigenvalue weighted by Gasteiger charge is -2.06. The molecule has 0 fully saturated rings. The first-order valence-electron chi connectivity index (χ1n) is 3.96. The fourth-order valence-electron chi connectivity index (χ4n) is 0.636. The normalized spacial score (nSPS) is 10.0. The molecule has 3 heteroatoms. The fourth-order valence-corrected chi connectivity index (χ4v) is 0.636. The van der Waals surface area contributed by atoms with E-state index in [1.54, 1.807) is 0 Å². The Bertz CT molecular complexity index is 118.